The van der Waals surface area contributed by atoms with Crippen LogP contribution in [0.15, 0.2) is 42.5 Å². The minimum Gasteiger partial charge on any atom is -0.493 e. The van der Waals surface area contributed by atoms with Crippen molar-refractivity contribution in [2.24, 2.45) is 0 Å². The van der Waals surface area contributed by atoms with E-state index in [1.807, 2.05) is 12.1 Å². The molecule has 0 bridgehead atoms. The fourth-order valence-electron chi connectivity index (χ4n) is 4.16. The predicted molar refractivity (Wildman–Crippen MR) is 130 cm³/mol. The molecule has 1 aromatic heterocycles. The monoisotopic (exact) mass is 435 g/mol. The first kappa shape index (κ1) is 22.1. The van der Waals surface area contributed by atoms with Crippen LogP contribution >= 0.6 is 0 Å². The lowest BCUT2D eigenvalue weighted by atomic mass is 10.0. The number of benzene rings is 2. The summed E-state index contributed by atoms with van der Waals surface area (Å²) in [4.78, 5) is 12.1. The predicted octanol–water partition coefficient (Wildman–Crippen LogP) is 4.55. The molecule has 1 aliphatic rings. The average molecular weight is 436 g/mol. The molecule has 0 saturated carbocycles. The Labute approximate surface area is 190 Å². The van der Waals surface area contributed by atoms with Crippen LogP contribution in [-0.2, 0) is 6.54 Å². The van der Waals surface area contributed by atoms with Crippen molar-refractivity contribution in [2.75, 3.05) is 44.5 Å². The van der Waals surface area contributed by atoms with Crippen molar-refractivity contribution in [1.82, 2.24) is 14.9 Å². The van der Waals surface area contributed by atoms with E-state index >= 15 is 0 Å². The Morgan fingerprint density at radius 1 is 1.00 bits per heavy atom. The van der Waals surface area contributed by atoms with Crippen molar-refractivity contribution in [3.63, 3.8) is 0 Å². The molecule has 32 heavy (non-hydrogen) atoms. The number of methoxy groups -OCH3 is 2. The Balaban J connectivity index is 1.48. The summed E-state index contributed by atoms with van der Waals surface area (Å²) in [7, 11) is 3.28. The first-order valence-corrected chi connectivity index (χ1v) is 11.4. The molecule has 0 atom stereocenters. The summed E-state index contributed by atoms with van der Waals surface area (Å²) in [5.41, 5.74) is 2.20. The normalized spacial score (nSPS) is 15.0. The van der Waals surface area contributed by atoms with Gasteiger partial charge in [0.2, 0.25) is 5.95 Å². The summed E-state index contributed by atoms with van der Waals surface area (Å²) in [6.45, 7) is 6.12. The van der Waals surface area contributed by atoms with Gasteiger partial charge in [0.1, 0.15) is 5.82 Å². The first-order valence-electron chi connectivity index (χ1n) is 11.4. The number of ether oxygens (including phenoxy) is 2. The average Bonchev–Trinajstić information content (AvgIpc) is 2.83. The van der Waals surface area contributed by atoms with Crippen molar-refractivity contribution in [2.45, 2.75) is 38.8 Å². The van der Waals surface area contributed by atoms with E-state index in [4.69, 9.17) is 19.4 Å². The maximum Gasteiger partial charge on any atom is 0.225 e. The van der Waals surface area contributed by atoms with Crippen molar-refractivity contribution in [3.05, 3.63) is 48.0 Å². The zero-order valence-electron chi connectivity index (χ0n) is 19.2. The molecule has 1 fully saturated rings. The van der Waals surface area contributed by atoms with Crippen LogP contribution in [0.3, 0.4) is 0 Å². The summed E-state index contributed by atoms with van der Waals surface area (Å²) < 4.78 is 11.0. The lowest BCUT2D eigenvalue weighted by Crippen LogP contribution is -2.39. The molecule has 0 spiro atoms. The van der Waals surface area contributed by atoms with Crippen molar-refractivity contribution in [1.29, 1.82) is 0 Å². The van der Waals surface area contributed by atoms with Gasteiger partial charge in [-0.3, -0.25) is 4.90 Å². The fourth-order valence-corrected chi connectivity index (χ4v) is 4.16. The molecule has 7 nitrogen and oxygen atoms in total. The SMILES string of the molecule is CCCNc1nc(NC2CCN(Cc3ccccc3)CC2)nc2cc(OC)c(OC)cc12. The molecule has 170 valence electrons. The largest absolute Gasteiger partial charge is 0.493 e. The van der Waals surface area contributed by atoms with Gasteiger partial charge in [-0.05, 0) is 30.9 Å². The summed E-state index contributed by atoms with van der Waals surface area (Å²) in [6, 6.07) is 14.9. The Bertz CT molecular complexity index is 1020. The van der Waals surface area contributed by atoms with Gasteiger partial charge in [-0.1, -0.05) is 37.3 Å². The summed E-state index contributed by atoms with van der Waals surface area (Å²) >= 11 is 0. The third-order valence-corrected chi connectivity index (χ3v) is 5.91. The molecule has 0 unspecified atom stereocenters. The highest BCUT2D eigenvalue weighted by Crippen LogP contribution is 2.34. The zero-order valence-corrected chi connectivity index (χ0v) is 19.2. The number of aromatic nitrogens is 2. The molecular formula is C25H33N5O2. The molecule has 2 N–H and O–H groups in total. The van der Waals surface area contributed by atoms with Crippen LogP contribution < -0.4 is 20.1 Å². The van der Waals surface area contributed by atoms with E-state index in [9.17, 15) is 0 Å². The van der Waals surface area contributed by atoms with Gasteiger partial charge in [-0.25, -0.2) is 4.98 Å². The second-order valence-corrected chi connectivity index (χ2v) is 8.23. The van der Waals surface area contributed by atoms with Gasteiger partial charge in [0, 0.05) is 43.7 Å². The van der Waals surface area contributed by atoms with E-state index in [1.165, 1.54) is 5.56 Å². The fraction of sp³-hybridized carbons (Fsp3) is 0.440. The van der Waals surface area contributed by atoms with E-state index in [1.54, 1.807) is 14.2 Å². The molecule has 0 aliphatic carbocycles. The smallest absolute Gasteiger partial charge is 0.225 e. The van der Waals surface area contributed by atoms with Crippen LogP contribution in [0.25, 0.3) is 10.9 Å². The maximum atomic E-state index is 5.48. The molecule has 0 amide bonds. The van der Waals surface area contributed by atoms with Crippen molar-refractivity contribution in [3.8, 4) is 11.5 Å². The number of nitrogens with one attached hydrogen (secondary N) is 2. The Hall–Kier alpha value is -3.06. The minimum atomic E-state index is 0.360. The molecule has 2 aromatic carbocycles. The van der Waals surface area contributed by atoms with Crippen LogP contribution in [0, 0.1) is 0 Å². The molecule has 2 heterocycles. The number of rotatable bonds is 9. The van der Waals surface area contributed by atoms with Gasteiger partial charge in [0.05, 0.1) is 19.7 Å². The lowest BCUT2D eigenvalue weighted by molar-refractivity contribution is 0.211. The van der Waals surface area contributed by atoms with Gasteiger partial charge in [-0.2, -0.15) is 4.98 Å². The van der Waals surface area contributed by atoms with E-state index in [0.717, 1.165) is 62.2 Å². The number of likely N-dealkylation sites (tertiary alicyclic amines) is 1. The third kappa shape index (κ3) is 5.22. The Kier molecular flexibility index (Phi) is 7.27. The maximum absolute atomic E-state index is 5.48. The van der Waals surface area contributed by atoms with Gasteiger partial charge in [0.15, 0.2) is 11.5 Å². The number of fused-ring (bicyclic) bond motifs is 1. The summed E-state index contributed by atoms with van der Waals surface area (Å²) in [6.07, 6.45) is 3.15. The lowest BCUT2D eigenvalue weighted by Gasteiger charge is -2.32. The molecule has 4 rings (SSSR count). The van der Waals surface area contributed by atoms with Crippen molar-refractivity contribution < 1.29 is 9.47 Å². The summed E-state index contributed by atoms with van der Waals surface area (Å²) in [5.74, 6) is 2.82. The first-order chi connectivity index (χ1) is 15.7. The second kappa shape index (κ2) is 10.5. The number of nitrogens with zero attached hydrogens (tertiary/aromatic N) is 3. The Morgan fingerprint density at radius 3 is 2.41 bits per heavy atom. The molecule has 1 saturated heterocycles. The van der Waals surface area contributed by atoms with E-state index in [0.29, 0.717) is 23.5 Å². The highest BCUT2D eigenvalue weighted by molar-refractivity contribution is 5.92. The number of hydrogen-bond donors (Lipinski definition) is 2. The van der Waals surface area contributed by atoms with Crippen LogP contribution in [0.2, 0.25) is 0 Å². The van der Waals surface area contributed by atoms with Crippen molar-refractivity contribution >= 4 is 22.7 Å². The van der Waals surface area contributed by atoms with Gasteiger partial charge < -0.3 is 20.1 Å². The Morgan fingerprint density at radius 2 is 1.72 bits per heavy atom. The van der Waals surface area contributed by atoms with Crippen LogP contribution in [-0.4, -0.2) is 54.8 Å². The third-order valence-electron chi connectivity index (χ3n) is 5.91. The van der Waals surface area contributed by atoms with Gasteiger partial charge >= 0.3 is 0 Å². The number of anilines is 2. The number of hydrogen-bond acceptors (Lipinski definition) is 7. The minimum absolute atomic E-state index is 0.360. The highest BCUT2D eigenvalue weighted by atomic mass is 16.5. The van der Waals surface area contributed by atoms with Crippen LogP contribution in [0.4, 0.5) is 11.8 Å². The molecule has 0 radical (unpaired) electrons. The van der Waals surface area contributed by atoms with Crippen LogP contribution in [0.1, 0.15) is 31.7 Å². The molecule has 7 heteroatoms. The second-order valence-electron chi connectivity index (χ2n) is 8.23. The molecule has 1 aliphatic heterocycles. The topological polar surface area (TPSA) is 71.5 Å². The summed E-state index contributed by atoms with van der Waals surface area (Å²) in [5, 5.41) is 7.95. The van der Waals surface area contributed by atoms with Crippen LogP contribution in [0.5, 0.6) is 11.5 Å². The molecular weight excluding hydrogens is 402 g/mol. The number of piperidine rings is 1. The quantitative estimate of drug-likeness (QED) is 0.511. The standard InChI is InChI=1S/C25H33N5O2/c1-4-12-26-24-20-15-22(31-2)23(32-3)16-21(20)28-25(29-24)27-19-10-13-30(14-11-19)17-18-8-6-5-7-9-18/h5-9,15-16,19H,4,10-14,17H2,1-3H3,(H2,26,27,28,29). The highest BCUT2D eigenvalue weighted by Gasteiger charge is 2.21. The van der Waals surface area contributed by atoms with Gasteiger partial charge in [0.25, 0.3) is 0 Å². The van der Waals surface area contributed by atoms with E-state index in [-0.39, 0.29) is 0 Å². The molecule has 3 aromatic rings. The van der Waals surface area contributed by atoms with E-state index in [2.05, 4.69) is 52.8 Å². The van der Waals surface area contributed by atoms with E-state index < -0.39 is 0 Å². The zero-order chi connectivity index (χ0) is 22.3. The van der Waals surface area contributed by atoms with Gasteiger partial charge in [-0.15, -0.1) is 0 Å².